The van der Waals surface area contributed by atoms with Gasteiger partial charge in [-0.2, -0.15) is 39.5 Å². The van der Waals surface area contributed by atoms with E-state index in [4.69, 9.17) is 41.9 Å². The Hall–Kier alpha value is -5.88. The second-order valence-corrected chi connectivity index (χ2v) is 14.8. The average Bonchev–Trinajstić information content (AvgIpc) is 3.10. The Kier molecular flexibility index (Phi) is 14.6. The third-order valence-electron chi connectivity index (χ3n) is 9.48. The minimum atomic E-state index is -4.48. The molecule has 0 atom stereocenters. The Morgan fingerprint density at radius 2 is 0.656 bits per heavy atom. The molecule has 0 aromatic heterocycles. The fourth-order valence-electron chi connectivity index (χ4n) is 7.21. The van der Waals surface area contributed by atoms with Gasteiger partial charge in [-0.25, -0.2) is 4.79 Å². The van der Waals surface area contributed by atoms with E-state index in [9.17, 15) is 49.4 Å². The van der Waals surface area contributed by atoms with Gasteiger partial charge in [0.2, 0.25) is 0 Å². The molecule has 4 aromatic carbocycles. The van der Waals surface area contributed by atoms with Crippen LogP contribution in [-0.2, 0) is 30.5 Å². The van der Waals surface area contributed by atoms with E-state index in [0.717, 1.165) is 0 Å². The fraction of sp³-hybridized carbons (Fsp3) is 0.405. The van der Waals surface area contributed by atoms with Crippen molar-refractivity contribution in [1.82, 2.24) is 0 Å². The normalized spacial score (nSPS) is 13.1. The van der Waals surface area contributed by atoms with Gasteiger partial charge in [0.25, 0.3) is 0 Å². The lowest BCUT2D eigenvalue weighted by Crippen LogP contribution is -2.15. The SMILES string of the molecule is Nc1cc2c(OCCCC(F)(F)F)c(c1)Cc1cc(N)cc(c1OCCCC(F)(F)F)Cc1cc(N)cc(c1OCC(=O)O)Cc1cc(N)cc(c1OCCCC(F)(F)F)C2. The number of anilines is 4. The van der Waals surface area contributed by atoms with Gasteiger partial charge in [0.1, 0.15) is 23.0 Å². The van der Waals surface area contributed by atoms with Crippen LogP contribution in [0.1, 0.15) is 83.0 Å². The third-order valence-corrected chi connectivity index (χ3v) is 9.48. The average molecular weight is 873 g/mol. The van der Waals surface area contributed by atoms with Gasteiger partial charge < -0.3 is 47.0 Å². The summed E-state index contributed by atoms with van der Waals surface area (Å²) in [5.41, 5.74) is 29.1. The molecular formula is C42H45F9N4O6. The number of ether oxygens (including phenoxy) is 4. The topological polar surface area (TPSA) is 178 Å². The highest BCUT2D eigenvalue weighted by atomic mass is 19.4. The molecule has 4 aromatic rings. The number of benzene rings is 4. The molecule has 61 heavy (non-hydrogen) atoms. The van der Waals surface area contributed by atoms with E-state index in [1.807, 2.05) is 0 Å². The van der Waals surface area contributed by atoms with Crippen molar-refractivity contribution in [2.24, 2.45) is 0 Å². The van der Waals surface area contributed by atoms with Crippen LogP contribution in [0.4, 0.5) is 62.3 Å². The van der Waals surface area contributed by atoms with E-state index in [1.54, 1.807) is 0 Å². The predicted octanol–water partition coefficient (Wildman–Crippen LogP) is 9.32. The molecule has 0 amide bonds. The van der Waals surface area contributed by atoms with Gasteiger partial charge in [0.15, 0.2) is 6.61 Å². The van der Waals surface area contributed by atoms with E-state index in [1.165, 1.54) is 48.5 Å². The van der Waals surface area contributed by atoms with Gasteiger partial charge >= 0.3 is 24.5 Å². The molecule has 0 fully saturated rings. The van der Waals surface area contributed by atoms with Gasteiger partial charge in [-0.3, -0.25) is 0 Å². The molecule has 0 heterocycles. The highest BCUT2D eigenvalue weighted by molar-refractivity contribution is 5.69. The highest BCUT2D eigenvalue weighted by Gasteiger charge is 2.30. The Labute approximate surface area is 344 Å². The highest BCUT2D eigenvalue weighted by Crippen LogP contribution is 2.42. The number of hydrogen-bond acceptors (Lipinski definition) is 9. The maximum atomic E-state index is 13.2. The number of fused-ring (bicyclic) bond motifs is 8. The van der Waals surface area contributed by atoms with Crippen LogP contribution < -0.4 is 41.9 Å². The number of alkyl halides is 9. The molecule has 1 aliphatic rings. The molecule has 332 valence electrons. The number of rotatable bonds is 15. The van der Waals surface area contributed by atoms with Crippen LogP contribution in [0.2, 0.25) is 0 Å². The lowest BCUT2D eigenvalue weighted by molar-refractivity contribution is -0.139. The predicted molar refractivity (Wildman–Crippen MR) is 210 cm³/mol. The first kappa shape index (κ1) is 46.2. The van der Waals surface area contributed by atoms with Gasteiger partial charge in [0, 0.05) is 112 Å². The van der Waals surface area contributed by atoms with E-state index in [-0.39, 0.29) is 71.4 Å². The Balaban J connectivity index is 1.77. The summed E-state index contributed by atoms with van der Waals surface area (Å²) in [7, 11) is 0. The zero-order valence-electron chi connectivity index (χ0n) is 32.7. The van der Waals surface area contributed by atoms with Crippen molar-refractivity contribution in [2.75, 3.05) is 49.4 Å². The van der Waals surface area contributed by atoms with E-state index < -0.39 is 89.5 Å². The number of carboxylic acids is 1. The van der Waals surface area contributed by atoms with Crippen LogP contribution in [0.3, 0.4) is 0 Å². The monoisotopic (exact) mass is 872 g/mol. The number of aliphatic carboxylic acids is 1. The fourth-order valence-corrected chi connectivity index (χ4v) is 7.21. The van der Waals surface area contributed by atoms with Gasteiger partial charge in [0.05, 0.1) is 19.8 Å². The maximum Gasteiger partial charge on any atom is 0.389 e. The molecule has 5 rings (SSSR count). The number of carbonyl (C=O) groups is 1. The first-order valence-electron chi connectivity index (χ1n) is 19.1. The number of nitrogen functional groups attached to an aromatic ring is 4. The van der Waals surface area contributed by atoms with Crippen molar-refractivity contribution >= 4 is 28.7 Å². The summed E-state index contributed by atoms with van der Waals surface area (Å²) in [6, 6.07) is 12.1. The van der Waals surface area contributed by atoms with Crippen LogP contribution >= 0.6 is 0 Å². The third kappa shape index (κ3) is 13.8. The summed E-state index contributed by atoms with van der Waals surface area (Å²) < 4.78 is 143. The van der Waals surface area contributed by atoms with E-state index in [2.05, 4.69) is 0 Å². The summed E-state index contributed by atoms with van der Waals surface area (Å²) in [6.07, 6.45) is -18.6. The number of nitrogens with two attached hydrogens (primary N) is 4. The quantitative estimate of drug-likeness (QED) is 0.0387. The molecule has 9 N–H and O–H groups in total. The molecule has 10 nitrogen and oxygen atoms in total. The second-order valence-electron chi connectivity index (χ2n) is 14.8. The van der Waals surface area contributed by atoms with Gasteiger partial charge in [-0.15, -0.1) is 0 Å². The largest absolute Gasteiger partial charge is 0.493 e. The molecule has 0 unspecified atom stereocenters. The Bertz CT molecular complexity index is 2070. The standard InChI is InChI=1S/C42H45F9N4O6/c43-40(44,45)4-1-7-58-36-23-10-25-16-32(53)18-27(37(25)59-8-2-5-41(46,47)48)12-29-20-34(55)21-30(39(29)61-22-35(56)57)13-28-19-33(54)17-26(11-24(36)15-31(52)14-23)38(28)60-9-3-6-42(49,50)51/h14-21H,1-13,22,52-55H2,(H,56,57). The first-order chi connectivity index (χ1) is 28.5. The summed E-state index contributed by atoms with van der Waals surface area (Å²) in [4.78, 5) is 11.8. The number of halogens is 9. The Morgan fingerprint density at radius 3 is 0.852 bits per heavy atom. The Morgan fingerprint density at radius 1 is 0.443 bits per heavy atom. The molecule has 1 aliphatic carbocycles. The lowest BCUT2D eigenvalue weighted by atomic mass is 9.90. The minimum absolute atomic E-state index is 0.0650. The molecule has 0 saturated carbocycles. The van der Waals surface area contributed by atoms with Crippen LogP contribution in [0.25, 0.3) is 0 Å². The number of hydrogen-bond donors (Lipinski definition) is 5. The molecule has 19 heteroatoms. The van der Waals surface area contributed by atoms with Crippen molar-refractivity contribution in [3.63, 3.8) is 0 Å². The molecule has 0 radical (unpaired) electrons. The number of carboxylic acid groups (broad SMARTS) is 1. The summed E-state index contributed by atoms with van der Waals surface area (Å²) in [5, 5.41) is 9.63. The zero-order chi connectivity index (χ0) is 44.7. The van der Waals surface area contributed by atoms with Crippen LogP contribution in [0.15, 0.2) is 48.5 Å². The van der Waals surface area contributed by atoms with Crippen molar-refractivity contribution in [1.29, 1.82) is 0 Å². The van der Waals surface area contributed by atoms with E-state index >= 15 is 0 Å². The van der Waals surface area contributed by atoms with Crippen LogP contribution in [0.5, 0.6) is 23.0 Å². The van der Waals surface area contributed by atoms with Crippen LogP contribution in [-0.4, -0.2) is 56.0 Å². The lowest BCUT2D eigenvalue weighted by Gasteiger charge is -2.24. The first-order valence-corrected chi connectivity index (χ1v) is 19.1. The smallest absolute Gasteiger partial charge is 0.389 e. The summed E-state index contributed by atoms with van der Waals surface area (Å²) in [6.45, 7) is -1.99. The van der Waals surface area contributed by atoms with E-state index in [0.29, 0.717) is 44.5 Å². The van der Waals surface area contributed by atoms with Crippen molar-refractivity contribution < 1.29 is 68.4 Å². The molecular weight excluding hydrogens is 827 g/mol. The van der Waals surface area contributed by atoms with Crippen LogP contribution in [0, 0.1) is 0 Å². The molecule has 0 saturated heterocycles. The zero-order valence-corrected chi connectivity index (χ0v) is 32.7. The summed E-state index contributed by atoms with van der Waals surface area (Å²) >= 11 is 0. The second kappa shape index (κ2) is 19.2. The van der Waals surface area contributed by atoms with Crippen molar-refractivity contribution in [3.05, 3.63) is 93.0 Å². The molecule has 0 aliphatic heterocycles. The van der Waals surface area contributed by atoms with Gasteiger partial charge in [-0.1, -0.05) is 0 Å². The minimum Gasteiger partial charge on any atom is -0.493 e. The molecule has 8 bridgehead atoms. The van der Waals surface area contributed by atoms with Crippen molar-refractivity contribution in [3.8, 4) is 23.0 Å². The maximum absolute atomic E-state index is 13.2. The van der Waals surface area contributed by atoms with Crippen molar-refractivity contribution in [2.45, 2.75) is 82.7 Å². The van der Waals surface area contributed by atoms with Gasteiger partial charge in [-0.05, 0) is 67.8 Å². The summed E-state index contributed by atoms with van der Waals surface area (Å²) in [5.74, 6) is -0.903. The molecule has 0 spiro atoms.